The van der Waals surface area contributed by atoms with E-state index >= 15 is 0 Å². The Kier molecular flexibility index (Phi) is 4.12. The third-order valence-corrected chi connectivity index (χ3v) is 3.17. The van der Waals surface area contributed by atoms with Gasteiger partial charge in [-0.15, -0.1) is 0 Å². The Morgan fingerprint density at radius 3 is 2.65 bits per heavy atom. The Balaban J connectivity index is 2.24. The van der Waals surface area contributed by atoms with Crippen molar-refractivity contribution in [1.29, 1.82) is 0 Å². The number of carbonyl (C=O) groups is 2. The van der Waals surface area contributed by atoms with Crippen molar-refractivity contribution in [2.45, 2.75) is 19.4 Å². The number of benzene rings is 1. The van der Waals surface area contributed by atoms with Crippen molar-refractivity contribution in [3.63, 3.8) is 0 Å². The molecule has 1 aromatic carbocycles. The van der Waals surface area contributed by atoms with Crippen molar-refractivity contribution in [2.75, 3.05) is 0 Å². The first-order valence-corrected chi connectivity index (χ1v) is 6.63. The highest BCUT2D eigenvalue weighted by atomic mass is 16.6. The highest BCUT2D eigenvalue weighted by Crippen LogP contribution is 2.16. The zero-order chi connectivity index (χ0) is 17.2. The molecule has 0 saturated carbocycles. The van der Waals surface area contributed by atoms with Gasteiger partial charge >= 0.3 is 0 Å². The van der Waals surface area contributed by atoms with Crippen LogP contribution in [0.4, 0.5) is 5.69 Å². The van der Waals surface area contributed by atoms with Crippen LogP contribution < -0.4 is 11.1 Å². The molecule has 0 atom stereocenters. The van der Waals surface area contributed by atoms with Gasteiger partial charge in [-0.3, -0.25) is 19.7 Å². The molecular weight excluding hydrogens is 302 g/mol. The van der Waals surface area contributed by atoms with Gasteiger partial charge in [0.15, 0.2) is 5.69 Å². The average Bonchev–Trinajstić information content (AvgIpc) is 2.96. The average molecular weight is 317 g/mol. The highest BCUT2D eigenvalue weighted by molar-refractivity contribution is 5.97. The summed E-state index contributed by atoms with van der Waals surface area (Å²) in [5.74, 6) is -1.25. The lowest BCUT2D eigenvalue weighted by atomic mass is 10.1. The lowest BCUT2D eigenvalue weighted by Gasteiger charge is -2.21. The van der Waals surface area contributed by atoms with Gasteiger partial charge in [0.05, 0.1) is 10.6 Å². The van der Waals surface area contributed by atoms with E-state index in [1.807, 2.05) is 0 Å². The molecule has 2 aromatic rings. The maximum atomic E-state index is 12.1. The fraction of sp³-hybridized carbons (Fsp3) is 0.214. The highest BCUT2D eigenvalue weighted by Gasteiger charge is 2.28. The van der Waals surface area contributed by atoms with Gasteiger partial charge in [0, 0.05) is 18.3 Å². The zero-order valence-electron chi connectivity index (χ0n) is 12.5. The Labute approximate surface area is 131 Å². The summed E-state index contributed by atoms with van der Waals surface area (Å²) in [6, 6.07) is 7.27. The summed E-state index contributed by atoms with van der Waals surface area (Å²) in [5, 5.41) is 17.3. The number of aromatic nitrogens is 2. The van der Waals surface area contributed by atoms with Crippen molar-refractivity contribution < 1.29 is 14.5 Å². The van der Waals surface area contributed by atoms with E-state index in [1.54, 1.807) is 6.07 Å². The van der Waals surface area contributed by atoms with E-state index in [4.69, 9.17) is 5.73 Å². The Bertz CT molecular complexity index is 781. The Morgan fingerprint density at radius 2 is 2.04 bits per heavy atom. The molecule has 0 aliphatic heterocycles. The van der Waals surface area contributed by atoms with Crippen LogP contribution in [0.5, 0.6) is 0 Å². The number of primary amides is 1. The molecule has 0 spiro atoms. The fourth-order valence-electron chi connectivity index (χ4n) is 1.75. The Morgan fingerprint density at radius 1 is 1.35 bits per heavy atom. The van der Waals surface area contributed by atoms with E-state index in [0.717, 1.165) is 0 Å². The van der Waals surface area contributed by atoms with Gasteiger partial charge < -0.3 is 11.1 Å². The molecule has 9 nitrogen and oxygen atoms in total. The van der Waals surface area contributed by atoms with Crippen LogP contribution in [0.1, 0.15) is 24.3 Å². The Hall–Kier alpha value is -3.23. The van der Waals surface area contributed by atoms with Gasteiger partial charge in [0.2, 0.25) is 5.91 Å². The number of nitrogens with zero attached hydrogens (tertiary/aromatic N) is 3. The molecule has 120 valence electrons. The quantitative estimate of drug-likeness (QED) is 0.620. The summed E-state index contributed by atoms with van der Waals surface area (Å²) in [7, 11) is 0. The second-order valence-electron chi connectivity index (χ2n) is 5.37. The number of carbonyl (C=O) groups excluding carboxylic acids is 2. The monoisotopic (exact) mass is 317 g/mol. The third kappa shape index (κ3) is 3.51. The van der Waals surface area contributed by atoms with E-state index in [2.05, 4.69) is 10.4 Å². The van der Waals surface area contributed by atoms with Crippen LogP contribution in [-0.2, 0) is 4.79 Å². The fourth-order valence-corrected chi connectivity index (χ4v) is 1.75. The smallest absolute Gasteiger partial charge is 0.272 e. The topological polar surface area (TPSA) is 133 Å². The van der Waals surface area contributed by atoms with E-state index < -0.39 is 22.3 Å². The standard InChI is InChI=1S/C14H15N5O4/c1-14(2,13(15)21)16-12(20)11-6-7-18(17-11)9-4-3-5-10(8-9)19(22)23/h3-8H,1-2H3,(H2,15,21)(H,16,20). The lowest BCUT2D eigenvalue weighted by molar-refractivity contribution is -0.384. The van der Waals surface area contributed by atoms with Crippen molar-refractivity contribution >= 4 is 17.5 Å². The van der Waals surface area contributed by atoms with E-state index in [9.17, 15) is 19.7 Å². The van der Waals surface area contributed by atoms with Gasteiger partial charge in [0.1, 0.15) is 5.54 Å². The number of nitrogens with one attached hydrogen (secondary N) is 1. The first kappa shape index (κ1) is 16.1. The number of hydrogen-bond donors (Lipinski definition) is 2. The van der Waals surface area contributed by atoms with Gasteiger partial charge in [-0.1, -0.05) is 6.07 Å². The molecule has 1 aromatic heterocycles. The van der Waals surface area contributed by atoms with Crippen molar-refractivity contribution in [3.8, 4) is 5.69 Å². The largest absolute Gasteiger partial charge is 0.368 e. The van der Waals surface area contributed by atoms with Gasteiger partial charge in [-0.2, -0.15) is 5.10 Å². The first-order chi connectivity index (χ1) is 10.7. The van der Waals surface area contributed by atoms with Crippen molar-refractivity contribution in [1.82, 2.24) is 15.1 Å². The molecule has 0 saturated heterocycles. The first-order valence-electron chi connectivity index (χ1n) is 6.63. The molecule has 0 bridgehead atoms. The van der Waals surface area contributed by atoms with Gasteiger partial charge in [-0.05, 0) is 26.0 Å². The summed E-state index contributed by atoms with van der Waals surface area (Å²) in [4.78, 5) is 33.6. The summed E-state index contributed by atoms with van der Waals surface area (Å²) < 4.78 is 1.33. The third-order valence-electron chi connectivity index (χ3n) is 3.17. The molecule has 0 radical (unpaired) electrons. The van der Waals surface area contributed by atoms with Crippen molar-refractivity contribution in [3.05, 3.63) is 52.3 Å². The van der Waals surface area contributed by atoms with Crippen molar-refractivity contribution in [2.24, 2.45) is 5.73 Å². The molecule has 0 fully saturated rings. The van der Waals surface area contributed by atoms with Crippen LogP contribution in [-0.4, -0.2) is 32.1 Å². The van der Waals surface area contributed by atoms with E-state index in [1.165, 1.54) is 49.0 Å². The van der Waals surface area contributed by atoms with E-state index in [-0.39, 0.29) is 11.4 Å². The summed E-state index contributed by atoms with van der Waals surface area (Å²) in [6.07, 6.45) is 1.49. The molecule has 3 N–H and O–H groups in total. The zero-order valence-corrected chi connectivity index (χ0v) is 12.5. The SMILES string of the molecule is CC(C)(NC(=O)c1ccn(-c2cccc([N+](=O)[O-])c2)n1)C(N)=O. The number of rotatable bonds is 5. The number of nitro groups is 1. The maximum Gasteiger partial charge on any atom is 0.272 e. The molecule has 2 rings (SSSR count). The second kappa shape index (κ2) is 5.87. The predicted octanol–water partition coefficient (Wildman–Crippen LogP) is 0.774. The summed E-state index contributed by atoms with van der Waals surface area (Å²) in [6.45, 7) is 2.95. The molecule has 23 heavy (non-hydrogen) atoms. The number of nitrogens with two attached hydrogens (primary N) is 1. The van der Waals surface area contributed by atoms with Crippen LogP contribution in [0.2, 0.25) is 0 Å². The van der Waals surface area contributed by atoms with E-state index in [0.29, 0.717) is 5.69 Å². The van der Waals surface area contributed by atoms with Crippen LogP contribution in [0.3, 0.4) is 0 Å². The maximum absolute atomic E-state index is 12.1. The summed E-state index contributed by atoms with van der Waals surface area (Å²) >= 11 is 0. The number of hydrogen-bond acceptors (Lipinski definition) is 5. The number of nitro benzene ring substituents is 1. The normalized spacial score (nSPS) is 11.0. The predicted molar refractivity (Wildman–Crippen MR) is 81.0 cm³/mol. The van der Waals surface area contributed by atoms with Gasteiger partial charge in [-0.25, -0.2) is 4.68 Å². The minimum Gasteiger partial charge on any atom is -0.368 e. The van der Waals surface area contributed by atoms with Crippen LogP contribution >= 0.6 is 0 Å². The van der Waals surface area contributed by atoms with Crippen LogP contribution in [0.25, 0.3) is 5.69 Å². The summed E-state index contributed by atoms with van der Waals surface area (Å²) in [5.41, 5.74) is 4.39. The van der Waals surface area contributed by atoms with Crippen LogP contribution in [0.15, 0.2) is 36.5 Å². The molecule has 2 amide bonds. The van der Waals surface area contributed by atoms with Gasteiger partial charge in [0.25, 0.3) is 11.6 Å². The number of amides is 2. The number of non-ortho nitro benzene ring substituents is 1. The molecule has 0 aliphatic rings. The second-order valence-corrected chi connectivity index (χ2v) is 5.37. The minimum atomic E-state index is -1.22. The minimum absolute atomic E-state index is 0.0610. The molecule has 0 aliphatic carbocycles. The molecular formula is C14H15N5O4. The molecule has 1 heterocycles. The van der Waals surface area contributed by atoms with Crippen LogP contribution in [0, 0.1) is 10.1 Å². The molecule has 0 unspecified atom stereocenters. The molecule has 9 heteroatoms. The lowest BCUT2D eigenvalue weighted by Crippen LogP contribution is -2.53.